The molecule has 5 heteroatoms. The average molecular weight is 298 g/mol. The minimum absolute atomic E-state index is 0.0230. The van der Waals surface area contributed by atoms with Crippen LogP contribution in [-0.4, -0.2) is 29.1 Å². The van der Waals surface area contributed by atoms with E-state index >= 15 is 0 Å². The number of hydrogen-bond donors (Lipinski definition) is 2. The van der Waals surface area contributed by atoms with Gasteiger partial charge in [-0.3, -0.25) is 4.79 Å². The average Bonchev–Trinajstić information content (AvgIpc) is 2.85. The van der Waals surface area contributed by atoms with Crippen LogP contribution in [0.2, 0.25) is 0 Å². The molecule has 0 saturated heterocycles. The maximum Gasteiger partial charge on any atom is 0.263 e. The van der Waals surface area contributed by atoms with Gasteiger partial charge in [0.15, 0.2) is 0 Å². The van der Waals surface area contributed by atoms with E-state index in [0.717, 1.165) is 24.3 Å². The first kappa shape index (κ1) is 17.1. The second-order valence-corrected chi connectivity index (χ2v) is 7.19. The second kappa shape index (κ2) is 7.74. The van der Waals surface area contributed by atoms with Crippen molar-refractivity contribution < 1.29 is 9.90 Å². The van der Waals surface area contributed by atoms with Crippen molar-refractivity contribution in [1.29, 1.82) is 0 Å². The van der Waals surface area contributed by atoms with Crippen molar-refractivity contribution in [3.8, 4) is 0 Å². The number of rotatable bonds is 7. The minimum Gasteiger partial charge on any atom is -0.396 e. The number of aromatic nitrogens is 1. The summed E-state index contributed by atoms with van der Waals surface area (Å²) in [5, 5.41) is 12.9. The van der Waals surface area contributed by atoms with Gasteiger partial charge in [-0.15, -0.1) is 11.3 Å². The molecular weight excluding hydrogens is 272 g/mol. The highest BCUT2D eigenvalue weighted by atomic mass is 32.1. The molecule has 0 aliphatic carbocycles. The topological polar surface area (TPSA) is 62.2 Å². The van der Waals surface area contributed by atoms with Crippen LogP contribution in [0.3, 0.4) is 0 Å². The van der Waals surface area contributed by atoms with Gasteiger partial charge in [0, 0.05) is 18.6 Å². The third kappa shape index (κ3) is 5.21. The number of nitrogens with one attached hydrogen (secondary N) is 1. The van der Waals surface area contributed by atoms with E-state index in [9.17, 15) is 4.79 Å². The first-order valence-corrected chi connectivity index (χ1v) is 8.05. The van der Waals surface area contributed by atoms with Crippen molar-refractivity contribution in [2.75, 3.05) is 13.2 Å². The molecule has 1 amide bonds. The highest BCUT2D eigenvalue weighted by Gasteiger charge is 2.20. The van der Waals surface area contributed by atoms with E-state index in [2.05, 4.69) is 38.0 Å². The van der Waals surface area contributed by atoms with Crippen molar-refractivity contribution in [3.63, 3.8) is 0 Å². The Hall–Kier alpha value is -0.940. The highest BCUT2D eigenvalue weighted by Crippen LogP contribution is 2.26. The molecule has 0 bridgehead atoms. The summed E-state index contributed by atoms with van der Waals surface area (Å²) >= 11 is 1.45. The van der Waals surface area contributed by atoms with Crippen LogP contribution in [0.4, 0.5) is 0 Å². The lowest BCUT2D eigenvalue weighted by molar-refractivity contribution is 0.0946. The van der Waals surface area contributed by atoms with E-state index in [1.807, 2.05) is 0 Å². The molecule has 1 unspecified atom stereocenters. The van der Waals surface area contributed by atoms with Gasteiger partial charge in [-0.25, -0.2) is 4.98 Å². The predicted molar refractivity (Wildman–Crippen MR) is 83.2 cm³/mol. The standard InChI is InChI=1S/C15H26N2O2S/c1-5-6-11(7-8-18)9-16-13(19)12-10-17-14(20-12)15(2,3)4/h10-11,18H,5-9H2,1-4H3,(H,16,19). The first-order valence-electron chi connectivity index (χ1n) is 7.23. The molecule has 114 valence electrons. The van der Waals surface area contributed by atoms with Crippen LogP contribution in [0.25, 0.3) is 0 Å². The molecule has 1 aromatic rings. The van der Waals surface area contributed by atoms with Crippen molar-refractivity contribution in [2.45, 2.75) is 52.4 Å². The van der Waals surface area contributed by atoms with E-state index in [1.165, 1.54) is 11.3 Å². The summed E-state index contributed by atoms with van der Waals surface area (Å²) in [7, 11) is 0. The predicted octanol–water partition coefficient (Wildman–Crippen LogP) is 2.97. The van der Waals surface area contributed by atoms with Gasteiger partial charge in [0.1, 0.15) is 4.88 Å². The Morgan fingerprint density at radius 1 is 1.45 bits per heavy atom. The van der Waals surface area contributed by atoms with Crippen LogP contribution in [0.15, 0.2) is 6.20 Å². The molecular formula is C15H26N2O2S. The summed E-state index contributed by atoms with van der Waals surface area (Å²) in [6.45, 7) is 9.18. The van der Waals surface area contributed by atoms with Crippen LogP contribution >= 0.6 is 11.3 Å². The molecule has 1 aromatic heterocycles. The monoisotopic (exact) mass is 298 g/mol. The zero-order valence-electron chi connectivity index (χ0n) is 12.9. The van der Waals surface area contributed by atoms with Gasteiger partial charge in [0.25, 0.3) is 5.91 Å². The maximum absolute atomic E-state index is 12.1. The van der Waals surface area contributed by atoms with Gasteiger partial charge in [-0.05, 0) is 18.8 Å². The third-order valence-electron chi connectivity index (χ3n) is 3.16. The normalized spacial score (nSPS) is 13.2. The number of nitrogens with zero attached hydrogens (tertiary/aromatic N) is 1. The van der Waals surface area contributed by atoms with Gasteiger partial charge in [0.2, 0.25) is 0 Å². The lowest BCUT2D eigenvalue weighted by Gasteiger charge is -2.15. The molecule has 1 heterocycles. The fraction of sp³-hybridized carbons (Fsp3) is 0.733. The summed E-state index contributed by atoms with van der Waals surface area (Å²) in [5.41, 5.74) is -0.0230. The van der Waals surface area contributed by atoms with Crippen molar-refractivity contribution >= 4 is 17.2 Å². The number of thiazole rings is 1. The van der Waals surface area contributed by atoms with Gasteiger partial charge in [-0.1, -0.05) is 34.1 Å². The molecule has 0 aromatic carbocycles. The van der Waals surface area contributed by atoms with E-state index in [0.29, 0.717) is 17.3 Å². The maximum atomic E-state index is 12.1. The Kier molecular flexibility index (Phi) is 6.62. The smallest absolute Gasteiger partial charge is 0.263 e. The molecule has 4 nitrogen and oxygen atoms in total. The SMILES string of the molecule is CCCC(CCO)CNC(=O)c1cnc(C(C)(C)C)s1. The highest BCUT2D eigenvalue weighted by molar-refractivity contribution is 7.13. The molecule has 2 N–H and O–H groups in total. The van der Waals surface area contributed by atoms with Crippen LogP contribution in [0, 0.1) is 5.92 Å². The molecule has 20 heavy (non-hydrogen) atoms. The Balaban J connectivity index is 2.56. The van der Waals surface area contributed by atoms with Crippen molar-refractivity contribution in [2.24, 2.45) is 5.92 Å². The Labute approximate surface area is 125 Å². The Bertz CT molecular complexity index is 418. The molecule has 0 fully saturated rings. The van der Waals surface area contributed by atoms with Gasteiger partial charge < -0.3 is 10.4 Å². The zero-order chi connectivity index (χ0) is 15.2. The molecule has 1 atom stereocenters. The molecule has 0 aliphatic rings. The summed E-state index contributed by atoms with van der Waals surface area (Å²) < 4.78 is 0. The molecule has 0 spiro atoms. The lowest BCUT2D eigenvalue weighted by Crippen LogP contribution is -2.29. The number of aliphatic hydroxyl groups is 1. The van der Waals surface area contributed by atoms with Gasteiger partial charge in [0.05, 0.1) is 11.2 Å². The summed E-state index contributed by atoms with van der Waals surface area (Å²) in [5.74, 6) is 0.293. The number of aliphatic hydroxyl groups excluding tert-OH is 1. The quantitative estimate of drug-likeness (QED) is 0.813. The van der Waals surface area contributed by atoms with Gasteiger partial charge >= 0.3 is 0 Å². The van der Waals surface area contributed by atoms with E-state index in [4.69, 9.17) is 5.11 Å². The molecule has 1 rings (SSSR count). The Morgan fingerprint density at radius 3 is 2.65 bits per heavy atom. The van der Waals surface area contributed by atoms with Crippen molar-refractivity contribution in [1.82, 2.24) is 10.3 Å². The third-order valence-corrected chi connectivity index (χ3v) is 4.58. The van der Waals surface area contributed by atoms with Crippen LogP contribution in [-0.2, 0) is 5.41 Å². The molecule has 0 saturated carbocycles. The molecule has 0 aliphatic heterocycles. The summed E-state index contributed by atoms with van der Waals surface area (Å²) in [6.07, 6.45) is 4.48. The van der Waals surface area contributed by atoms with E-state index in [1.54, 1.807) is 6.20 Å². The van der Waals surface area contributed by atoms with Crippen LogP contribution in [0.1, 0.15) is 61.6 Å². The van der Waals surface area contributed by atoms with E-state index < -0.39 is 0 Å². The van der Waals surface area contributed by atoms with Crippen LogP contribution < -0.4 is 5.32 Å². The number of amides is 1. The number of hydrogen-bond acceptors (Lipinski definition) is 4. The first-order chi connectivity index (χ1) is 9.38. The lowest BCUT2D eigenvalue weighted by atomic mass is 9.98. The number of carbonyl (C=O) groups excluding carboxylic acids is 1. The largest absolute Gasteiger partial charge is 0.396 e. The van der Waals surface area contributed by atoms with Gasteiger partial charge in [-0.2, -0.15) is 0 Å². The number of carbonyl (C=O) groups is 1. The van der Waals surface area contributed by atoms with Crippen LogP contribution in [0.5, 0.6) is 0 Å². The second-order valence-electron chi connectivity index (χ2n) is 6.16. The fourth-order valence-electron chi connectivity index (χ4n) is 1.99. The molecule has 0 radical (unpaired) electrons. The fourth-order valence-corrected chi connectivity index (χ4v) is 2.88. The Morgan fingerprint density at radius 2 is 2.15 bits per heavy atom. The van der Waals surface area contributed by atoms with E-state index in [-0.39, 0.29) is 17.9 Å². The van der Waals surface area contributed by atoms with Crippen molar-refractivity contribution in [3.05, 3.63) is 16.1 Å². The summed E-state index contributed by atoms with van der Waals surface area (Å²) in [4.78, 5) is 17.1. The zero-order valence-corrected chi connectivity index (χ0v) is 13.7. The minimum atomic E-state index is -0.0583. The summed E-state index contributed by atoms with van der Waals surface area (Å²) in [6, 6.07) is 0.